The molecule has 31 heavy (non-hydrogen) atoms. The van der Waals surface area contributed by atoms with Crippen LogP contribution in [0.5, 0.6) is 5.75 Å². The second-order valence-corrected chi connectivity index (χ2v) is 9.22. The van der Waals surface area contributed by atoms with Gasteiger partial charge >= 0.3 is 0 Å². The van der Waals surface area contributed by atoms with Crippen LogP contribution in [-0.4, -0.2) is 77.5 Å². The first-order chi connectivity index (χ1) is 15.2. The molecular formula is C23H29N5O2S. The monoisotopic (exact) mass is 439 g/mol. The number of rotatable bonds is 4. The lowest BCUT2D eigenvalue weighted by Crippen LogP contribution is -2.56. The molecule has 2 saturated heterocycles. The molecule has 8 heteroatoms. The van der Waals surface area contributed by atoms with Crippen molar-refractivity contribution in [3.63, 3.8) is 0 Å². The number of piperazine rings is 1. The maximum absolute atomic E-state index is 13.4. The lowest BCUT2D eigenvalue weighted by molar-refractivity contribution is 0.0556. The first-order valence-corrected chi connectivity index (χ1v) is 11.9. The van der Waals surface area contributed by atoms with Gasteiger partial charge in [0.2, 0.25) is 0 Å². The summed E-state index contributed by atoms with van der Waals surface area (Å²) in [5, 5.41) is 1.98. The molecule has 2 aliphatic heterocycles. The third-order valence-corrected chi connectivity index (χ3v) is 7.34. The van der Waals surface area contributed by atoms with E-state index in [-0.39, 0.29) is 5.91 Å². The zero-order chi connectivity index (χ0) is 21.4. The number of carbonyl (C=O) groups is 1. The van der Waals surface area contributed by atoms with E-state index < -0.39 is 0 Å². The molecule has 2 aromatic heterocycles. The largest absolute Gasteiger partial charge is 0.495 e. The number of amides is 1. The zero-order valence-corrected chi connectivity index (χ0v) is 19.0. The molecule has 0 unspecified atom stereocenters. The minimum absolute atomic E-state index is 0.112. The highest BCUT2D eigenvalue weighted by Crippen LogP contribution is 2.29. The molecule has 3 aromatic rings. The summed E-state index contributed by atoms with van der Waals surface area (Å²) < 4.78 is 7.49. The highest BCUT2D eigenvalue weighted by atomic mass is 32.1. The summed E-state index contributed by atoms with van der Waals surface area (Å²) in [5.74, 6) is 1.04. The van der Waals surface area contributed by atoms with E-state index in [0.29, 0.717) is 6.04 Å². The fraction of sp³-hybridized carbons (Fsp3) is 0.478. The average Bonchev–Trinajstić information content (AvgIpc) is 3.39. The number of nitrogens with zero attached hydrogens (tertiary/aromatic N) is 5. The molecule has 0 aliphatic carbocycles. The summed E-state index contributed by atoms with van der Waals surface area (Å²) in [7, 11) is 1.73. The summed E-state index contributed by atoms with van der Waals surface area (Å²) in [6.45, 7) is 7.52. The third kappa shape index (κ3) is 3.78. The van der Waals surface area contributed by atoms with Crippen molar-refractivity contribution in [3.05, 3.63) is 47.2 Å². The van der Waals surface area contributed by atoms with Crippen molar-refractivity contribution in [2.24, 2.45) is 0 Å². The molecule has 1 atom stereocenters. The fourth-order valence-electron chi connectivity index (χ4n) is 4.96. The van der Waals surface area contributed by atoms with Gasteiger partial charge in [0, 0.05) is 56.9 Å². The lowest BCUT2D eigenvalue weighted by atomic mass is 10.0. The van der Waals surface area contributed by atoms with Crippen LogP contribution in [0.1, 0.15) is 29.0 Å². The van der Waals surface area contributed by atoms with Crippen molar-refractivity contribution in [2.45, 2.75) is 25.8 Å². The van der Waals surface area contributed by atoms with E-state index in [1.807, 2.05) is 39.9 Å². The number of aryl methyl sites for hydroxylation is 1. The standard InChI is InChI=1S/C23H29N5O2S/c1-17-21(28-14-15-31-23(28)24-17)22(29)27-9-5-6-18(16-27)25-10-12-26(13-11-25)19-7-3-4-8-20(19)30-2/h3-4,7-8,14-15,18H,5-6,9-13,16H2,1-2H3/t18-/m0/s1. The highest BCUT2D eigenvalue weighted by molar-refractivity contribution is 7.15. The summed E-state index contributed by atoms with van der Waals surface area (Å²) in [6, 6.07) is 8.66. The van der Waals surface area contributed by atoms with Gasteiger partial charge in [0.05, 0.1) is 18.5 Å². The molecular weight excluding hydrogens is 410 g/mol. The smallest absolute Gasteiger partial charge is 0.272 e. The molecule has 0 N–H and O–H groups in total. The Kier molecular flexibility index (Phi) is 5.58. The first kappa shape index (κ1) is 20.3. The summed E-state index contributed by atoms with van der Waals surface area (Å²) >= 11 is 1.57. The fourth-order valence-corrected chi connectivity index (χ4v) is 5.72. The molecule has 1 aromatic carbocycles. The van der Waals surface area contributed by atoms with E-state index in [1.165, 1.54) is 5.69 Å². The van der Waals surface area contributed by atoms with E-state index in [4.69, 9.17) is 4.74 Å². The summed E-state index contributed by atoms with van der Waals surface area (Å²) in [6.07, 6.45) is 4.15. The van der Waals surface area contributed by atoms with Gasteiger partial charge in [-0.05, 0) is 31.9 Å². The highest BCUT2D eigenvalue weighted by Gasteiger charge is 2.32. The van der Waals surface area contributed by atoms with Crippen LogP contribution in [0, 0.1) is 6.92 Å². The molecule has 5 rings (SSSR count). The van der Waals surface area contributed by atoms with Crippen molar-refractivity contribution in [1.82, 2.24) is 19.2 Å². The van der Waals surface area contributed by atoms with Crippen molar-refractivity contribution in [1.29, 1.82) is 0 Å². The van der Waals surface area contributed by atoms with Crippen LogP contribution in [0.25, 0.3) is 4.96 Å². The van der Waals surface area contributed by atoms with Gasteiger partial charge in [-0.25, -0.2) is 4.98 Å². The van der Waals surface area contributed by atoms with Crippen LogP contribution in [0.2, 0.25) is 0 Å². The predicted molar refractivity (Wildman–Crippen MR) is 124 cm³/mol. The Balaban J connectivity index is 1.25. The van der Waals surface area contributed by atoms with Gasteiger partial charge in [0.1, 0.15) is 11.4 Å². The van der Waals surface area contributed by atoms with Crippen molar-refractivity contribution < 1.29 is 9.53 Å². The molecule has 2 aliphatic rings. The number of para-hydroxylation sites is 2. The number of fused-ring (bicyclic) bond motifs is 1. The maximum atomic E-state index is 13.4. The Labute approximate surface area is 186 Å². The molecule has 0 spiro atoms. The number of methoxy groups -OCH3 is 1. The van der Waals surface area contributed by atoms with Gasteiger partial charge in [-0.3, -0.25) is 14.1 Å². The van der Waals surface area contributed by atoms with Crippen LogP contribution in [-0.2, 0) is 0 Å². The van der Waals surface area contributed by atoms with Crippen molar-refractivity contribution in [2.75, 3.05) is 51.3 Å². The number of thiazole rings is 1. The number of hydrogen-bond donors (Lipinski definition) is 0. The number of hydrogen-bond acceptors (Lipinski definition) is 6. The Hall–Kier alpha value is -2.58. The van der Waals surface area contributed by atoms with E-state index in [0.717, 1.165) is 74.2 Å². The summed E-state index contributed by atoms with van der Waals surface area (Å²) in [5.41, 5.74) is 2.71. The zero-order valence-electron chi connectivity index (χ0n) is 18.2. The lowest BCUT2D eigenvalue weighted by Gasteiger charge is -2.44. The number of benzene rings is 1. The molecule has 0 radical (unpaired) electrons. The average molecular weight is 440 g/mol. The summed E-state index contributed by atoms with van der Waals surface area (Å²) in [4.78, 5) is 25.8. The van der Waals surface area contributed by atoms with Crippen LogP contribution in [0.15, 0.2) is 35.8 Å². The minimum Gasteiger partial charge on any atom is -0.495 e. The topological polar surface area (TPSA) is 53.3 Å². The number of aromatic nitrogens is 2. The second-order valence-electron chi connectivity index (χ2n) is 8.34. The van der Waals surface area contributed by atoms with E-state index >= 15 is 0 Å². The Bertz CT molecular complexity index is 1070. The van der Waals surface area contributed by atoms with Gasteiger partial charge in [-0.2, -0.15) is 0 Å². The number of piperidine rings is 1. The van der Waals surface area contributed by atoms with Gasteiger partial charge in [0.25, 0.3) is 5.91 Å². The van der Waals surface area contributed by atoms with E-state index in [2.05, 4.69) is 26.9 Å². The van der Waals surface area contributed by atoms with E-state index in [9.17, 15) is 4.79 Å². The van der Waals surface area contributed by atoms with Crippen LogP contribution >= 0.6 is 11.3 Å². The second kappa shape index (κ2) is 8.51. The molecule has 164 valence electrons. The molecule has 7 nitrogen and oxygen atoms in total. The molecule has 1 amide bonds. The maximum Gasteiger partial charge on any atom is 0.272 e. The molecule has 0 saturated carbocycles. The van der Waals surface area contributed by atoms with Crippen LogP contribution in [0.3, 0.4) is 0 Å². The van der Waals surface area contributed by atoms with Gasteiger partial charge in [0.15, 0.2) is 4.96 Å². The number of anilines is 1. The number of ether oxygens (including phenoxy) is 1. The van der Waals surface area contributed by atoms with Gasteiger partial charge < -0.3 is 14.5 Å². The molecule has 4 heterocycles. The van der Waals surface area contributed by atoms with Gasteiger partial charge in [-0.15, -0.1) is 11.3 Å². The number of carbonyl (C=O) groups excluding carboxylic acids is 1. The van der Waals surface area contributed by atoms with Crippen LogP contribution in [0.4, 0.5) is 5.69 Å². The number of imidazole rings is 1. The van der Waals surface area contributed by atoms with Crippen LogP contribution < -0.4 is 9.64 Å². The quantitative estimate of drug-likeness (QED) is 0.625. The SMILES string of the molecule is COc1ccccc1N1CCN([C@H]2CCCN(C(=O)c3c(C)nc4sccn34)C2)CC1. The third-order valence-electron chi connectivity index (χ3n) is 6.58. The van der Waals surface area contributed by atoms with Crippen molar-refractivity contribution >= 4 is 27.9 Å². The molecule has 0 bridgehead atoms. The minimum atomic E-state index is 0.112. The molecule has 2 fully saturated rings. The Morgan fingerprint density at radius 3 is 2.77 bits per heavy atom. The normalized spacial score (nSPS) is 20.4. The predicted octanol–water partition coefficient (Wildman–Crippen LogP) is 3.14. The van der Waals surface area contributed by atoms with E-state index in [1.54, 1.807) is 18.4 Å². The Morgan fingerprint density at radius 2 is 1.97 bits per heavy atom. The van der Waals surface area contributed by atoms with Crippen molar-refractivity contribution in [3.8, 4) is 5.75 Å². The Morgan fingerprint density at radius 1 is 1.16 bits per heavy atom. The number of likely N-dealkylation sites (tertiary alicyclic amines) is 1. The van der Waals surface area contributed by atoms with Gasteiger partial charge in [-0.1, -0.05) is 12.1 Å². The first-order valence-electron chi connectivity index (χ1n) is 11.0.